The number of ether oxygens (including phenoxy) is 1. The van der Waals surface area contributed by atoms with Crippen LogP contribution in [0.15, 0.2) is 65.1 Å². The molecule has 7 nitrogen and oxygen atoms in total. The Morgan fingerprint density at radius 3 is 2.59 bits per heavy atom. The zero-order chi connectivity index (χ0) is 22.7. The second-order valence-corrected chi connectivity index (χ2v) is 10.3. The Balaban J connectivity index is 1.28. The summed E-state index contributed by atoms with van der Waals surface area (Å²) in [5, 5.41) is 15.9. The lowest BCUT2D eigenvalue weighted by atomic mass is 10.1. The van der Waals surface area contributed by atoms with Gasteiger partial charge in [-0.25, -0.2) is 8.42 Å². The third kappa shape index (κ3) is 5.60. The molecule has 1 atom stereocenters. The van der Waals surface area contributed by atoms with E-state index in [1.807, 2.05) is 24.3 Å². The molecule has 0 bridgehead atoms. The first-order valence-corrected chi connectivity index (χ1v) is 12.8. The van der Waals surface area contributed by atoms with Crippen LogP contribution in [0.3, 0.4) is 0 Å². The van der Waals surface area contributed by atoms with Gasteiger partial charge in [-0.15, -0.1) is 0 Å². The summed E-state index contributed by atoms with van der Waals surface area (Å²) in [6.07, 6.45) is 0.324. The summed E-state index contributed by atoms with van der Waals surface area (Å²) in [7, 11) is -3.36. The van der Waals surface area contributed by atoms with Gasteiger partial charge in [0.1, 0.15) is 12.4 Å². The van der Waals surface area contributed by atoms with Crippen LogP contribution < -0.4 is 14.8 Å². The number of fused-ring (bicyclic) bond motifs is 3. The van der Waals surface area contributed by atoms with E-state index in [1.54, 1.807) is 24.3 Å². The van der Waals surface area contributed by atoms with Crippen LogP contribution >= 0.6 is 15.9 Å². The number of rotatable bonds is 9. The molecule has 4 N–H and O–H groups in total. The molecule has 1 heterocycles. The predicted molar refractivity (Wildman–Crippen MR) is 132 cm³/mol. The van der Waals surface area contributed by atoms with E-state index in [1.165, 1.54) is 5.39 Å². The van der Waals surface area contributed by atoms with E-state index in [4.69, 9.17) is 4.74 Å². The van der Waals surface area contributed by atoms with Crippen molar-refractivity contribution in [3.63, 3.8) is 0 Å². The number of aliphatic hydroxyl groups is 1. The minimum Gasteiger partial charge on any atom is -0.492 e. The lowest BCUT2D eigenvalue weighted by molar-refractivity contribution is 0.172. The highest BCUT2D eigenvalue weighted by Gasteiger charge is 2.10. The van der Waals surface area contributed by atoms with Crippen molar-refractivity contribution >= 4 is 53.4 Å². The first-order valence-electron chi connectivity index (χ1n) is 10.1. The Hall–Kier alpha value is -2.59. The molecule has 168 valence electrons. The fraction of sp³-hybridized carbons (Fsp3) is 0.217. The third-order valence-electron chi connectivity index (χ3n) is 4.99. The molecule has 0 fully saturated rings. The fourth-order valence-electron chi connectivity index (χ4n) is 3.57. The van der Waals surface area contributed by atoms with Gasteiger partial charge in [-0.2, -0.15) is 0 Å². The summed E-state index contributed by atoms with van der Waals surface area (Å²) < 4.78 is 32.0. The second kappa shape index (κ2) is 9.50. The third-order valence-corrected chi connectivity index (χ3v) is 6.09. The Morgan fingerprint density at radius 1 is 1.06 bits per heavy atom. The van der Waals surface area contributed by atoms with Crippen molar-refractivity contribution in [2.45, 2.75) is 6.10 Å². The molecule has 0 aliphatic rings. The number of aromatic nitrogens is 1. The summed E-state index contributed by atoms with van der Waals surface area (Å²) >= 11 is 3.50. The zero-order valence-corrected chi connectivity index (χ0v) is 19.8. The lowest BCUT2D eigenvalue weighted by Gasteiger charge is -2.14. The van der Waals surface area contributed by atoms with Gasteiger partial charge < -0.3 is 20.1 Å². The van der Waals surface area contributed by atoms with Gasteiger partial charge in [-0.1, -0.05) is 34.1 Å². The summed E-state index contributed by atoms with van der Waals surface area (Å²) in [5.41, 5.74) is 3.13. The number of halogens is 1. The molecule has 1 aromatic heterocycles. The quantitative estimate of drug-likeness (QED) is 0.249. The van der Waals surface area contributed by atoms with Gasteiger partial charge in [-0.05, 0) is 42.0 Å². The molecule has 0 radical (unpaired) electrons. The number of hydrogen-bond donors (Lipinski definition) is 4. The average molecular weight is 518 g/mol. The van der Waals surface area contributed by atoms with E-state index in [9.17, 15) is 13.5 Å². The lowest BCUT2D eigenvalue weighted by Crippen LogP contribution is -2.26. The molecule has 4 aromatic rings. The van der Waals surface area contributed by atoms with Crippen molar-refractivity contribution in [2.75, 3.05) is 30.7 Å². The molecule has 32 heavy (non-hydrogen) atoms. The Morgan fingerprint density at radius 2 is 1.81 bits per heavy atom. The number of benzene rings is 3. The number of hydrogen-bond acceptors (Lipinski definition) is 5. The summed E-state index contributed by atoms with van der Waals surface area (Å²) in [6.45, 7) is 1.32. The highest BCUT2D eigenvalue weighted by atomic mass is 79.9. The molecule has 0 saturated heterocycles. The molecule has 9 heteroatoms. The van der Waals surface area contributed by atoms with Crippen molar-refractivity contribution in [2.24, 2.45) is 0 Å². The normalized spacial score (nSPS) is 12.8. The van der Waals surface area contributed by atoms with Crippen LogP contribution in [0.4, 0.5) is 5.69 Å². The highest BCUT2D eigenvalue weighted by Crippen LogP contribution is 2.30. The topological polar surface area (TPSA) is 103 Å². The molecule has 0 aliphatic carbocycles. The van der Waals surface area contributed by atoms with Crippen LogP contribution in [0, 0.1) is 0 Å². The first-order chi connectivity index (χ1) is 15.3. The van der Waals surface area contributed by atoms with Crippen LogP contribution in [-0.2, 0) is 10.0 Å². The van der Waals surface area contributed by atoms with E-state index >= 15 is 0 Å². The molecule has 0 spiro atoms. The number of nitrogens with one attached hydrogen (secondary N) is 3. The highest BCUT2D eigenvalue weighted by molar-refractivity contribution is 9.10. The van der Waals surface area contributed by atoms with Crippen molar-refractivity contribution in [1.82, 2.24) is 10.3 Å². The van der Waals surface area contributed by atoms with E-state index in [0.717, 1.165) is 32.9 Å². The zero-order valence-electron chi connectivity index (χ0n) is 17.4. The van der Waals surface area contributed by atoms with Gasteiger partial charge in [0.2, 0.25) is 10.0 Å². The van der Waals surface area contributed by atoms with Crippen LogP contribution in [0.5, 0.6) is 5.75 Å². The first kappa shape index (κ1) is 22.6. The number of aromatic amines is 1. The maximum absolute atomic E-state index is 11.4. The van der Waals surface area contributed by atoms with Gasteiger partial charge in [-0.3, -0.25) is 4.72 Å². The standard InChI is InChI=1S/C23H24BrN3O4S/c1-32(29,30)27-17-4-2-3-15(11-17)23(28)14-25-9-10-31-18-6-8-20-19-7-5-16(24)12-21(19)26-22(20)13-18/h2-8,11-13,23,25-28H,9-10,14H2,1H3/t23-/m0/s1. The minimum absolute atomic E-state index is 0.321. The minimum atomic E-state index is -3.36. The van der Waals surface area contributed by atoms with Gasteiger partial charge in [0.15, 0.2) is 0 Å². The summed E-state index contributed by atoms with van der Waals surface area (Å²) in [4.78, 5) is 3.41. The van der Waals surface area contributed by atoms with Crippen LogP contribution in [0.1, 0.15) is 11.7 Å². The van der Waals surface area contributed by atoms with Gasteiger partial charge >= 0.3 is 0 Å². The number of aliphatic hydroxyl groups excluding tert-OH is 1. The molecule has 4 rings (SSSR count). The fourth-order valence-corrected chi connectivity index (χ4v) is 4.49. The molecule has 0 unspecified atom stereocenters. The molecular weight excluding hydrogens is 494 g/mol. The van der Waals surface area contributed by atoms with Crippen molar-refractivity contribution in [1.29, 1.82) is 0 Å². The Labute approximate surface area is 195 Å². The maximum Gasteiger partial charge on any atom is 0.229 e. The van der Waals surface area contributed by atoms with Gasteiger partial charge in [0, 0.05) is 45.6 Å². The number of sulfonamides is 1. The van der Waals surface area contributed by atoms with Crippen molar-refractivity contribution in [3.05, 3.63) is 70.7 Å². The largest absolute Gasteiger partial charge is 0.492 e. The smallest absolute Gasteiger partial charge is 0.229 e. The maximum atomic E-state index is 11.4. The van der Waals surface area contributed by atoms with Gasteiger partial charge in [0.25, 0.3) is 0 Å². The Kier molecular flexibility index (Phi) is 6.71. The van der Waals surface area contributed by atoms with Gasteiger partial charge in [0.05, 0.1) is 17.9 Å². The van der Waals surface area contributed by atoms with Crippen LogP contribution in [-0.4, -0.2) is 44.5 Å². The SMILES string of the molecule is CS(=O)(=O)Nc1cccc([C@@H](O)CNCCOc2ccc3c(c2)[nH]c2cc(Br)ccc23)c1. The molecule has 0 amide bonds. The van der Waals surface area contributed by atoms with E-state index in [2.05, 4.69) is 43.1 Å². The van der Waals surface area contributed by atoms with Crippen molar-refractivity contribution in [3.8, 4) is 5.75 Å². The summed E-state index contributed by atoms with van der Waals surface area (Å²) in [6, 6.07) is 18.9. The molecule has 0 aliphatic heterocycles. The monoisotopic (exact) mass is 517 g/mol. The molecular formula is C23H24BrN3O4S. The van der Waals surface area contributed by atoms with E-state index < -0.39 is 16.1 Å². The Bertz CT molecular complexity index is 1350. The summed E-state index contributed by atoms with van der Waals surface area (Å²) in [5.74, 6) is 0.769. The molecule has 0 saturated carbocycles. The number of H-pyrrole nitrogens is 1. The van der Waals surface area contributed by atoms with E-state index in [-0.39, 0.29) is 0 Å². The average Bonchev–Trinajstić information content (AvgIpc) is 3.08. The molecule has 3 aromatic carbocycles. The van der Waals surface area contributed by atoms with Crippen LogP contribution in [0.25, 0.3) is 21.8 Å². The van der Waals surface area contributed by atoms with E-state index in [0.29, 0.717) is 30.9 Å². The van der Waals surface area contributed by atoms with Crippen LogP contribution in [0.2, 0.25) is 0 Å². The van der Waals surface area contributed by atoms with Crippen molar-refractivity contribution < 1.29 is 18.3 Å². The second-order valence-electron chi connectivity index (χ2n) is 7.59. The number of anilines is 1. The predicted octanol–water partition coefficient (Wildman–Crippen LogP) is 4.16.